The maximum Gasteiger partial charge on any atom is 0.226 e. The largest absolute Gasteiger partial charge is 0.493 e. The van der Waals surface area contributed by atoms with E-state index in [0.717, 1.165) is 56.6 Å². The third-order valence-electron chi connectivity index (χ3n) is 7.69. The molecule has 5 rings (SSSR count). The summed E-state index contributed by atoms with van der Waals surface area (Å²) < 4.78 is 18.7. The lowest BCUT2D eigenvalue weighted by Crippen LogP contribution is -2.43. The Morgan fingerprint density at radius 2 is 1.67 bits per heavy atom. The summed E-state index contributed by atoms with van der Waals surface area (Å²) in [6.07, 6.45) is 8.58. The van der Waals surface area contributed by atoms with E-state index in [9.17, 15) is 4.79 Å². The molecule has 2 aromatic carbocycles. The van der Waals surface area contributed by atoms with Crippen molar-refractivity contribution in [2.24, 2.45) is 5.92 Å². The molecule has 1 amide bonds. The summed E-state index contributed by atoms with van der Waals surface area (Å²) in [5.74, 6) is 3.72. The van der Waals surface area contributed by atoms with E-state index in [-0.39, 0.29) is 5.92 Å². The Morgan fingerprint density at radius 1 is 0.972 bits per heavy atom. The number of aryl methyl sites for hydroxylation is 1. The van der Waals surface area contributed by atoms with Crippen molar-refractivity contribution in [1.29, 1.82) is 0 Å². The first-order chi connectivity index (χ1) is 17.6. The molecule has 3 aromatic rings. The van der Waals surface area contributed by atoms with Crippen LogP contribution in [-0.4, -0.2) is 54.8 Å². The number of fused-ring (bicyclic) bond motifs is 1. The SMILES string of the molecule is COc1cc(Cn2ccnc2C2CCN(C(=O)C3CCc4ccccc4C3)CC2)cc(OC)c1OC. The number of hydrogen-bond acceptors (Lipinski definition) is 5. The van der Waals surface area contributed by atoms with E-state index in [2.05, 4.69) is 33.7 Å². The zero-order valence-electron chi connectivity index (χ0n) is 21.4. The molecule has 7 nitrogen and oxygen atoms in total. The third-order valence-corrected chi connectivity index (χ3v) is 7.69. The van der Waals surface area contributed by atoms with Crippen LogP contribution >= 0.6 is 0 Å². The molecule has 1 atom stereocenters. The Hall–Kier alpha value is -3.48. The van der Waals surface area contributed by atoms with Crippen LogP contribution in [0.4, 0.5) is 0 Å². The first kappa shape index (κ1) is 24.2. The maximum absolute atomic E-state index is 13.3. The first-order valence-corrected chi connectivity index (χ1v) is 12.8. The van der Waals surface area contributed by atoms with E-state index < -0.39 is 0 Å². The summed E-state index contributed by atoms with van der Waals surface area (Å²) >= 11 is 0. The molecule has 0 spiro atoms. The summed E-state index contributed by atoms with van der Waals surface area (Å²) in [5.41, 5.74) is 3.79. The molecule has 0 radical (unpaired) electrons. The second kappa shape index (κ2) is 10.6. The number of piperidine rings is 1. The Balaban J connectivity index is 1.23. The van der Waals surface area contributed by atoms with E-state index in [1.54, 1.807) is 21.3 Å². The molecule has 1 aromatic heterocycles. The van der Waals surface area contributed by atoms with Gasteiger partial charge in [0.15, 0.2) is 11.5 Å². The van der Waals surface area contributed by atoms with Crippen molar-refractivity contribution in [3.05, 3.63) is 71.3 Å². The predicted octanol–water partition coefficient (Wildman–Crippen LogP) is 4.47. The van der Waals surface area contributed by atoms with Gasteiger partial charge in [-0.3, -0.25) is 4.79 Å². The van der Waals surface area contributed by atoms with Gasteiger partial charge in [-0.1, -0.05) is 24.3 Å². The monoisotopic (exact) mass is 489 g/mol. The number of carbonyl (C=O) groups is 1. The normalized spacial score (nSPS) is 18.0. The summed E-state index contributed by atoms with van der Waals surface area (Å²) in [7, 11) is 4.87. The summed E-state index contributed by atoms with van der Waals surface area (Å²) in [4.78, 5) is 20.1. The van der Waals surface area contributed by atoms with Crippen molar-refractivity contribution in [2.45, 2.75) is 44.6 Å². The molecule has 1 saturated heterocycles. The average molecular weight is 490 g/mol. The number of aromatic nitrogens is 2. The lowest BCUT2D eigenvalue weighted by atomic mass is 9.82. The smallest absolute Gasteiger partial charge is 0.226 e. The molecule has 0 bridgehead atoms. The molecular formula is C29H35N3O4. The van der Waals surface area contributed by atoms with Gasteiger partial charge in [-0.05, 0) is 60.9 Å². The molecular weight excluding hydrogens is 454 g/mol. The second-order valence-corrected chi connectivity index (χ2v) is 9.75. The lowest BCUT2D eigenvalue weighted by molar-refractivity contribution is -0.137. The van der Waals surface area contributed by atoms with Gasteiger partial charge >= 0.3 is 0 Å². The Bertz CT molecular complexity index is 1190. The average Bonchev–Trinajstić information content (AvgIpc) is 3.39. The fourth-order valence-corrected chi connectivity index (χ4v) is 5.76. The van der Waals surface area contributed by atoms with Crippen LogP contribution < -0.4 is 14.2 Å². The van der Waals surface area contributed by atoms with Crippen molar-refractivity contribution >= 4 is 5.91 Å². The van der Waals surface area contributed by atoms with Gasteiger partial charge in [-0.25, -0.2) is 4.98 Å². The predicted molar refractivity (Wildman–Crippen MR) is 138 cm³/mol. The van der Waals surface area contributed by atoms with Crippen molar-refractivity contribution < 1.29 is 19.0 Å². The third kappa shape index (κ3) is 4.79. The van der Waals surface area contributed by atoms with Crippen LogP contribution in [0.5, 0.6) is 17.2 Å². The lowest BCUT2D eigenvalue weighted by Gasteiger charge is -2.35. The van der Waals surface area contributed by atoms with Crippen LogP contribution in [0.25, 0.3) is 0 Å². The fourth-order valence-electron chi connectivity index (χ4n) is 5.76. The highest BCUT2D eigenvalue weighted by molar-refractivity contribution is 5.79. The van der Waals surface area contributed by atoms with E-state index >= 15 is 0 Å². The van der Waals surface area contributed by atoms with Crippen molar-refractivity contribution in [1.82, 2.24) is 14.5 Å². The molecule has 0 saturated carbocycles. The minimum absolute atomic E-state index is 0.110. The molecule has 36 heavy (non-hydrogen) atoms. The number of ether oxygens (including phenoxy) is 3. The molecule has 0 N–H and O–H groups in total. The zero-order valence-corrected chi connectivity index (χ0v) is 21.4. The topological polar surface area (TPSA) is 65.8 Å². The van der Waals surface area contributed by atoms with Crippen LogP contribution in [0.15, 0.2) is 48.8 Å². The number of benzene rings is 2. The van der Waals surface area contributed by atoms with Gasteiger partial charge in [-0.2, -0.15) is 0 Å². The summed E-state index contributed by atoms with van der Waals surface area (Å²) in [6.45, 7) is 2.24. The zero-order chi connectivity index (χ0) is 25.1. The van der Waals surface area contributed by atoms with Crippen LogP contribution in [0.2, 0.25) is 0 Å². The minimum atomic E-state index is 0.110. The highest BCUT2D eigenvalue weighted by Gasteiger charge is 2.32. The standard InChI is InChI=1S/C29H35N3O4/c1-34-25-16-20(17-26(35-2)27(25)36-3)19-32-15-12-30-28(32)22-10-13-31(14-11-22)29(33)24-9-8-21-6-4-5-7-23(21)18-24/h4-7,12,15-17,22,24H,8-11,13-14,18-19H2,1-3H3. The van der Waals surface area contributed by atoms with Crippen LogP contribution in [0.1, 0.15) is 47.7 Å². The first-order valence-electron chi connectivity index (χ1n) is 12.8. The van der Waals surface area contributed by atoms with Gasteiger partial charge in [0, 0.05) is 43.9 Å². The van der Waals surface area contributed by atoms with Crippen molar-refractivity contribution in [2.75, 3.05) is 34.4 Å². The highest BCUT2D eigenvalue weighted by Crippen LogP contribution is 2.39. The molecule has 2 heterocycles. The fraction of sp³-hybridized carbons (Fsp3) is 0.448. The van der Waals surface area contributed by atoms with Gasteiger partial charge in [0.05, 0.1) is 21.3 Å². The van der Waals surface area contributed by atoms with Crippen LogP contribution in [0.3, 0.4) is 0 Å². The Morgan fingerprint density at radius 3 is 2.33 bits per heavy atom. The molecule has 2 aliphatic rings. The molecule has 7 heteroatoms. The Labute approximate surface area is 213 Å². The van der Waals surface area contributed by atoms with E-state index in [4.69, 9.17) is 19.2 Å². The van der Waals surface area contributed by atoms with Gasteiger partial charge in [0.25, 0.3) is 0 Å². The van der Waals surface area contributed by atoms with Gasteiger partial charge < -0.3 is 23.7 Å². The number of rotatable bonds is 7. The minimum Gasteiger partial charge on any atom is -0.493 e. The number of nitrogens with zero attached hydrogens (tertiary/aromatic N) is 3. The number of carbonyl (C=O) groups excluding carboxylic acids is 1. The van der Waals surface area contributed by atoms with Gasteiger partial charge in [-0.15, -0.1) is 0 Å². The van der Waals surface area contributed by atoms with Crippen molar-refractivity contribution in [3.63, 3.8) is 0 Å². The van der Waals surface area contributed by atoms with E-state index in [1.807, 2.05) is 24.5 Å². The molecule has 1 unspecified atom stereocenters. The molecule has 1 fully saturated rings. The molecule has 1 aliphatic heterocycles. The maximum atomic E-state index is 13.3. The Kier molecular flexibility index (Phi) is 7.16. The van der Waals surface area contributed by atoms with E-state index in [0.29, 0.717) is 35.6 Å². The highest BCUT2D eigenvalue weighted by atomic mass is 16.5. The number of amides is 1. The number of methoxy groups -OCH3 is 3. The number of likely N-dealkylation sites (tertiary alicyclic amines) is 1. The molecule has 1 aliphatic carbocycles. The number of imidazole rings is 1. The van der Waals surface area contributed by atoms with Gasteiger partial charge in [0.1, 0.15) is 5.82 Å². The quantitative estimate of drug-likeness (QED) is 0.490. The van der Waals surface area contributed by atoms with Crippen LogP contribution in [-0.2, 0) is 24.2 Å². The molecule has 190 valence electrons. The second-order valence-electron chi connectivity index (χ2n) is 9.75. The van der Waals surface area contributed by atoms with Gasteiger partial charge in [0.2, 0.25) is 11.7 Å². The van der Waals surface area contributed by atoms with E-state index in [1.165, 1.54) is 11.1 Å². The van der Waals surface area contributed by atoms with Crippen LogP contribution in [0, 0.1) is 5.92 Å². The number of hydrogen-bond donors (Lipinski definition) is 0. The summed E-state index contributed by atoms with van der Waals surface area (Å²) in [6, 6.07) is 12.5. The van der Waals surface area contributed by atoms with Crippen molar-refractivity contribution in [3.8, 4) is 17.2 Å². The summed E-state index contributed by atoms with van der Waals surface area (Å²) in [5, 5.41) is 0.